The number of amides is 1. The van der Waals surface area contributed by atoms with Crippen LogP contribution in [0.15, 0.2) is 23.7 Å². The van der Waals surface area contributed by atoms with Gasteiger partial charge in [-0.3, -0.25) is 9.48 Å². The lowest BCUT2D eigenvalue weighted by atomic mass is 10.5. The zero-order valence-corrected chi connectivity index (χ0v) is 8.34. The van der Waals surface area contributed by atoms with E-state index in [2.05, 4.69) is 10.4 Å². The van der Waals surface area contributed by atoms with Crippen LogP contribution in [-0.2, 0) is 11.8 Å². The molecule has 0 bridgehead atoms. The first-order valence-corrected chi connectivity index (χ1v) is 5.01. The maximum atomic E-state index is 11.2. The first-order chi connectivity index (χ1) is 6.24. The second kappa shape index (κ2) is 4.71. The van der Waals surface area contributed by atoms with Crippen molar-refractivity contribution < 1.29 is 4.79 Å². The van der Waals surface area contributed by atoms with Crippen molar-refractivity contribution in [2.75, 3.05) is 11.6 Å². The van der Waals surface area contributed by atoms with Gasteiger partial charge in [0, 0.05) is 19.2 Å². The Balaban J connectivity index is 2.55. The maximum Gasteiger partial charge on any atom is 0.250 e. The number of nitrogens with one attached hydrogen (secondary N) is 1. The van der Waals surface area contributed by atoms with E-state index in [1.807, 2.05) is 6.26 Å². The van der Waals surface area contributed by atoms with Crippen molar-refractivity contribution in [3.63, 3.8) is 0 Å². The molecule has 0 aliphatic rings. The lowest BCUT2D eigenvalue weighted by Crippen LogP contribution is -2.11. The fraction of sp³-hybridized carbons (Fsp3) is 0.250. The number of hydrogen-bond acceptors (Lipinski definition) is 3. The van der Waals surface area contributed by atoms with Crippen LogP contribution >= 0.6 is 11.8 Å². The van der Waals surface area contributed by atoms with Crippen LogP contribution in [-0.4, -0.2) is 21.9 Å². The Morgan fingerprint density at radius 1 is 1.77 bits per heavy atom. The highest BCUT2D eigenvalue weighted by Crippen LogP contribution is 2.03. The van der Waals surface area contributed by atoms with Gasteiger partial charge >= 0.3 is 0 Å². The molecule has 0 saturated carbocycles. The number of aryl methyl sites for hydroxylation is 1. The van der Waals surface area contributed by atoms with Crippen molar-refractivity contribution in [2.45, 2.75) is 0 Å². The molecule has 13 heavy (non-hydrogen) atoms. The summed E-state index contributed by atoms with van der Waals surface area (Å²) in [7, 11) is 1.77. The largest absolute Gasteiger partial charge is 0.307 e. The van der Waals surface area contributed by atoms with Crippen molar-refractivity contribution >= 4 is 23.5 Å². The number of anilines is 1. The number of aromatic nitrogens is 2. The first kappa shape index (κ1) is 9.85. The summed E-state index contributed by atoms with van der Waals surface area (Å²) in [5, 5.41) is 8.34. The van der Waals surface area contributed by atoms with Crippen molar-refractivity contribution in [3.8, 4) is 0 Å². The molecule has 0 aliphatic heterocycles. The lowest BCUT2D eigenvalue weighted by molar-refractivity contribution is -0.111. The number of rotatable bonds is 3. The number of thioether (sulfide) groups is 1. The normalized spacial score (nSPS) is 10.6. The summed E-state index contributed by atoms with van der Waals surface area (Å²) in [6.07, 6.45) is 5.01. The summed E-state index contributed by atoms with van der Waals surface area (Å²) in [6.45, 7) is 0. The number of nitrogens with zero attached hydrogens (tertiary/aromatic N) is 2. The van der Waals surface area contributed by atoms with Crippen LogP contribution < -0.4 is 5.32 Å². The molecular formula is C8H11N3OS. The Morgan fingerprint density at radius 3 is 3.08 bits per heavy atom. The highest BCUT2D eigenvalue weighted by atomic mass is 32.2. The molecule has 1 rings (SSSR count). The minimum Gasteiger partial charge on any atom is -0.307 e. The van der Waals surface area contributed by atoms with E-state index in [9.17, 15) is 4.79 Å². The number of hydrogen-bond donors (Lipinski definition) is 1. The fourth-order valence-corrected chi connectivity index (χ4v) is 1.05. The van der Waals surface area contributed by atoms with Crippen molar-refractivity contribution in [2.24, 2.45) is 7.05 Å². The van der Waals surface area contributed by atoms with Gasteiger partial charge in [0.2, 0.25) is 5.91 Å². The van der Waals surface area contributed by atoms with Crippen LogP contribution in [0.1, 0.15) is 0 Å². The number of carbonyl (C=O) groups excluding carboxylic acids is 1. The van der Waals surface area contributed by atoms with Gasteiger partial charge in [-0.05, 0) is 11.7 Å². The van der Waals surface area contributed by atoms with Crippen LogP contribution in [0.2, 0.25) is 0 Å². The highest BCUT2D eigenvalue weighted by Gasteiger charge is 2.00. The van der Waals surface area contributed by atoms with Gasteiger partial charge in [-0.25, -0.2) is 0 Å². The van der Waals surface area contributed by atoms with Gasteiger partial charge in [-0.15, -0.1) is 11.8 Å². The molecule has 0 fully saturated rings. The molecule has 4 nitrogen and oxygen atoms in total. The molecular weight excluding hydrogens is 186 g/mol. The van der Waals surface area contributed by atoms with Gasteiger partial charge in [0.25, 0.3) is 0 Å². The minimum atomic E-state index is -0.141. The van der Waals surface area contributed by atoms with E-state index in [1.165, 1.54) is 17.8 Å². The molecule has 1 amide bonds. The average molecular weight is 197 g/mol. The van der Waals surface area contributed by atoms with E-state index in [4.69, 9.17) is 0 Å². The summed E-state index contributed by atoms with van der Waals surface area (Å²) in [5.74, 6) is 0.550. The van der Waals surface area contributed by atoms with E-state index < -0.39 is 0 Å². The molecule has 0 radical (unpaired) electrons. The fourth-order valence-electron chi connectivity index (χ4n) is 0.794. The number of carbonyl (C=O) groups is 1. The van der Waals surface area contributed by atoms with E-state index in [1.54, 1.807) is 29.4 Å². The Hall–Kier alpha value is -1.23. The molecule has 0 atom stereocenters. The van der Waals surface area contributed by atoms with E-state index in [-0.39, 0.29) is 5.91 Å². The van der Waals surface area contributed by atoms with Crippen molar-refractivity contribution in [1.82, 2.24) is 9.78 Å². The van der Waals surface area contributed by atoms with Crippen molar-refractivity contribution in [1.29, 1.82) is 0 Å². The quantitative estimate of drug-likeness (QED) is 0.741. The Labute approximate surface area is 81.0 Å². The highest BCUT2D eigenvalue weighted by molar-refractivity contribution is 8.01. The smallest absolute Gasteiger partial charge is 0.250 e. The molecule has 1 heterocycles. The van der Waals surface area contributed by atoms with Crippen LogP contribution in [0.4, 0.5) is 5.82 Å². The Morgan fingerprint density at radius 2 is 2.54 bits per heavy atom. The Bertz CT molecular complexity index is 319. The molecule has 0 aromatic carbocycles. The molecule has 0 saturated heterocycles. The predicted molar refractivity (Wildman–Crippen MR) is 54.5 cm³/mol. The van der Waals surface area contributed by atoms with E-state index in [0.29, 0.717) is 5.82 Å². The van der Waals surface area contributed by atoms with Gasteiger partial charge in [0.1, 0.15) is 5.82 Å². The molecule has 1 aromatic heterocycles. The zero-order chi connectivity index (χ0) is 9.68. The first-order valence-electron chi connectivity index (χ1n) is 3.72. The summed E-state index contributed by atoms with van der Waals surface area (Å²) in [4.78, 5) is 11.2. The molecule has 0 unspecified atom stereocenters. The Kier molecular flexibility index (Phi) is 3.57. The van der Waals surface area contributed by atoms with Gasteiger partial charge in [0.05, 0.1) is 6.20 Å². The molecule has 0 spiro atoms. The standard InChI is InChI=1S/C8H11N3OS/c1-11-7(3-5-9-11)10-8(12)4-6-13-2/h3-6H,1-2H3,(H,10,12)/b6-4+. The molecule has 5 heteroatoms. The van der Waals surface area contributed by atoms with Gasteiger partial charge in [0.15, 0.2) is 0 Å². The van der Waals surface area contributed by atoms with E-state index in [0.717, 1.165) is 0 Å². The third-order valence-electron chi connectivity index (χ3n) is 1.43. The molecule has 0 aliphatic carbocycles. The lowest BCUT2D eigenvalue weighted by Gasteiger charge is -2.00. The van der Waals surface area contributed by atoms with Gasteiger partial charge in [-0.2, -0.15) is 5.10 Å². The summed E-state index contributed by atoms with van der Waals surface area (Å²) in [5.41, 5.74) is 0. The van der Waals surface area contributed by atoms with Crippen LogP contribution in [0.3, 0.4) is 0 Å². The third kappa shape index (κ3) is 2.95. The second-order valence-electron chi connectivity index (χ2n) is 2.37. The van der Waals surface area contributed by atoms with Gasteiger partial charge < -0.3 is 5.32 Å². The summed E-state index contributed by atoms with van der Waals surface area (Å²) >= 11 is 1.48. The summed E-state index contributed by atoms with van der Waals surface area (Å²) in [6, 6.07) is 1.74. The predicted octanol–water partition coefficient (Wildman–Crippen LogP) is 1.24. The maximum absolute atomic E-state index is 11.2. The third-order valence-corrected chi connectivity index (χ3v) is 1.84. The second-order valence-corrected chi connectivity index (χ2v) is 3.11. The molecule has 1 N–H and O–H groups in total. The molecule has 1 aromatic rings. The SMILES string of the molecule is CS/C=C/C(=O)Nc1ccnn1C. The monoisotopic (exact) mass is 197 g/mol. The van der Waals surface area contributed by atoms with Crippen LogP contribution in [0, 0.1) is 0 Å². The van der Waals surface area contributed by atoms with Gasteiger partial charge in [-0.1, -0.05) is 0 Å². The topological polar surface area (TPSA) is 46.9 Å². The summed E-state index contributed by atoms with van der Waals surface area (Å²) < 4.78 is 1.60. The van der Waals surface area contributed by atoms with Crippen molar-refractivity contribution in [3.05, 3.63) is 23.7 Å². The average Bonchev–Trinajstić information content (AvgIpc) is 2.48. The molecule has 70 valence electrons. The zero-order valence-electron chi connectivity index (χ0n) is 7.52. The minimum absolute atomic E-state index is 0.141. The van der Waals surface area contributed by atoms with Crippen LogP contribution in [0.25, 0.3) is 0 Å². The van der Waals surface area contributed by atoms with E-state index >= 15 is 0 Å². The van der Waals surface area contributed by atoms with Crippen LogP contribution in [0.5, 0.6) is 0 Å².